The zero-order valence-corrected chi connectivity index (χ0v) is 9.79. The number of para-hydroxylation sites is 2. The fourth-order valence-electron chi connectivity index (χ4n) is 1.25. The molecule has 0 saturated carbocycles. The van der Waals surface area contributed by atoms with Gasteiger partial charge < -0.3 is 9.05 Å². The summed E-state index contributed by atoms with van der Waals surface area (Å²) in [6.45, 7) is 0. The first-order valence-electron chi connectivity index (χ1n) is 4.98. The monoisotopic (exact) mass is 252 g/mol. The Morgan fingerprint density at radius 2 is 1.18 bits per heavy atom. The van der Waals surface area contributed by atoms with Crippen molar-refractivity contribution < 1.29 is 19.9 Å². The minimum atomic E-state index is -4.14. The van der Waals surface area contributed by atoms with Gasteiger partial charge in [0.05, 0.1) is 0 Å². The van der Waals surface area contributed by atoms with Crippen LogP contribution >= 0.6 is 7.82 Å². The Morgan fingerprint density at radius 3 is 1.53 bits per heavy atom. The second kappa shape index (κ2) is 5.04. The summed E-state index contributed by atoms with van der Waals surface area (Å²) in [6, 6.07) is 16.7. The summed E-state index contributed by atoms with van der Waals surface area (Å²) < 4.78 is 21.5. The molecule has 5 heteroatoms. The van der Waals surface area contributed by atoms with E-state index in [9.17, 15) is 9.46 Å². The number of hydrogen-bond donors (Lipinski definition) is 1. The highest BCUT2D eigenvalue weighted by molar-refractivity contribution is 7.48. The van der Waals surface area contributed by atoms with E-state index in [4.69, 9.17) is 9.05 Å². The minimum absolute atomic E-state index is 0. The molecule has 0 spiro atoms. The van der Waals surface area contributed by atoms with Crippen molar-refractivity contribution in [2.24, 2.45) is 0 Å². The maximum absolute atomic E-state index is 11.7. The van der Waals surface area contributed by atoms with Gasteiger partial charge in [0, 0.05) is 1.43 Å². The second-order valence-electron chi connectivity index (χ2n) is 3.28. The van der Waals surface area contributed by atoms with Crippen molar-refractivity contribution in [1.29, 1.82) is 0 Å². The molecular weight excluding hydrogens is 239 g/mol. The number of rotatable bonds is 4. The lowest BCUT2D eigenvalue weighted by molar-refractivity contribution is 0.291. The highest BCUT2D eigenvalue weighted by Crippen LogP contribution is 2.43. The van der Waals surface area contributed by atoms with Crippen LogP contribution in [0.4, 0.5) is 0 Å². The van der Waals surface area contributed by atoms with Crippen molar-refractivity contribution >= 4 is 7.82 Å². The first-order chi connectivity index (χ1) is 8.16. The highest BCUT2D eigenvalue weighted by atomic mass is 31.2. The molecule has 0 aliphatic heterocycles. The van der Waals surface area contributed by atoms with Gasteiger partial charge in [-0.2, -0.15) is 0 Å². The van der Waals surface area contributed by atoms with Crippen molar-refractivity contribution in [3.8, 4) is 11.5 Å². The predicted octanol–water partition coefficient (Wildman–Crippen LogP) is 3.49. The SMILES string of the molecule is O=P(O)(Oc1ccccc1)Oc1ccccc1.[HH]. The van der Waals surface area contributed by atoms with Crippen molar-refractivity contribution in [2.45, 2.75) is 0 Å². The molecule has 0 unspecified atom stereocenters. The third-order valence-electron chi connectivity index (χ3n) is 1.93. The predicted molar refractivity (Wildman–Crippen MR) is 66.1 cm³/mol. The van der Waals surface area contributed by atoms with E-state index < -0.39 is 7.82 Å². The van der Waals surface area contributed by atoms with Crippen molar-refractivity contribution in [2.75, 3.05) is 0 Å². The molecule has 0 saturated heterocycles. The molecule has 2 rings (SSSR count). The summed E-state index contributed by atoms with van der Waals surface area (Å²) >= 11 is 0. The van der Waals surface area contributed by atoms with E-state index in [2.05, 4.69) is 0 Å². The van der Waals surface area contributed by atoms with E-state index in [1.54, 1.807) is 60.7 Å². The summed E-state index contributed by atoms with van der Waals surface area (Å²) in [5.41, 5.74) is 0. The zero-order chi connectivity index (χ0) is 12.1. The molecule has 2 aromatic rings. The molecule has 0 bridgehead atoms. The van der Waals surface area contributed by atoms with E-state index in [-0.39, 0.29) is 12.9 Å². The first-order valence-corrected chi connectivity index (χ1v) is 6.47. The molecular formula is C12H13O4P. The van der Waals surface area contributed by atoms with E-state index in [1.165, 1.54) is 0 Å². The molecule has 4 nitrogen and oxygen atoms in total. The maximum Gasteiger partial charge on any atom is 0.584 e. The van der Waals surface area contributed by atoms with Crippen molar-refractivity contribution in [3.05, 3.63) is 60.7 Å². The molecule has 2 aromatic carbocycles. The van der Waals surface area contributed by atoms with Gasteiger partial charge in [-0.1, -0.05) is 36.4 Å². The van der Waals surface area contributed by atoms with E-state index >= 15 is 0 Å². The lowest BCUT2D eigenvalue weighted by Gasteiger charge is -2.13. The number of phosphoric acid groups is 1. The van der Waals surface area contributed by atoms with Crippen LogP contribution in [0.2, 0.25) is 0 Å². The maximum atomic E-state index is 11.7. The van der Waals surface area contributed by atoms with Crippen LogP contribution < -0.4 is 9.05 Å². The summed E-state index contributed by atoms with van der Waals surface area (Å²) in [4.78, 5) is 9.53. The summed E-state index contributed by atoms with van der Waals surface area (Å²) in [6.07, 6.45) is 0. The molecule has 0 heterocycles. The Labute approximate surface area is 101 Å². The van der Waals surface area contributed by atoms with Crippen LogP contribution in [0.1, 0.15) is 1.43 Å². The molecule has 0 aliphatic carbocycles. The van der Waals surface area contributed by atoms with Gasteiger partial charge in [-0.25, -0.2) is 4.57 Å². The van der Waals surface area contributed by atoms with Crippen LogP contribution in [-0.4, -0.2) is 4.89 Å². The molecule has 0 amide bonds. The topological polar surface area (TPSA) is 55.8 Å². The van der Waals surface area contributed by atoms with Crippen molar-refractivity contribution in [3.63, 3.8) is 0 Å². The van der Waals surface area contributed by atoms with Gasteiger partial charge in [-0.15, -0.1) is 0 Å². The summed E-state index contributed by atoms with van der Waals surface area (Å²) in [5, 5.41) is 0. The van der Waals surface area contributed by atoms with Crippen LogP contribution in [0.25, 0.3) is 0 Å². The molecule has 0 radical (unpaired) electrons. The van der Waals surface area contributed by atoms with Gasteiger partial charge >= 0.3 is 7.82 Å². The zero-order valence-electron chi connectivity index (χ0n) is 8.89. The van der Waals surface area contributed by atoms with Crippen LogP contribution in [0.15, 0.2) is 60.7 Å². The quantitative estimate of drug-likeness (QED) is 0.846. The van der Waals surface area contributed by atoms with Crippen LogP contribution in [0.5, 0.6) is 11.5 Å². The third-order valence-corrected chi connectivity index (χ3v) is 2.81. The van der Waals surface area contributed by atoms with Gasteiger partial charge in [-0.05, 0) is 24.3 Å². The van der Waals surface area contributed by atoms with Gasteiger partial charge in [0.1, 0.15) is 11.5 Å². The van der Waals surface area contributed by atoms with Gasteiger partial charge in [0.2, 0.25) is 0 Å². The average Bonchev–Trinajstić information content (AvgIpc) is 2.30. The Bertz CT molecular complexity index is 473. The summed E-state index contributed by atoms with van der Waals surface area (Å²) in [7, 11) is -4.14. The van der Waals surface area contributed by atoms with Gasteiger partial charge in [-0.3, -0.25) is 4.89 Å². The second-order valence-corrected chi connectivity index (χ2v) is 4.58. The summed E-state index contributed by atoms with van der Waals surface area (Å²) in [5.74, 6) is 0.573. The van der Waals surface area contributed by atoms with Gasteiger partial charge in [0.25, 0.3) is 0 Å². The Balaban J connectivity index is 0.00000162. The average molecular weight is 252 g/mol. The van der Waals surface area contributed by atoms with Crippen molar-refractivity contribution in [1.82, 2.24) is 0 Å². The molecule has 90 valence electrons. The highest BCUT2D eigenvalue weighted by Gasteiger charge is 2.24. The minimum Gasteiger partial charge on any atom is -0.395 e. The first kappa shape index (κ1) is 11.7. The van der Waals surface area contributed by atoms with Crippen LogP contribution in [-0.2, 0) is 4.57 Å². The fourth-order valence-corrected chi connectivity index (χ4v) is 2.06. The molecule has 0 aliphatic rings. The van der Waals surface area contributed by atoms with E-state index in [0.29, 0.717) is 0 Å². The van der Waals surface area contributed by atoms with Gasteiger partial charge in [0.15, 0.2) is 0 Å². The number of hydrogen-bond acceptors (Lipinski definition) is 3. The van der Waals surface area contributed by atoms with Crippen LogP contribution in [0, 0.1) is 0 Å². The fraction of sp³-hybridized carbons (Fsp3) is 0. The molecule has 1 N–H and O–H groups in total. The smallest absolute Gasteiger partial charge is 0.395 e. The molecule has 17 heavy (non-hydrogen) atoms. The lowest BCUT2D eigenvalue weighted by atomic mass is 10.3. The molecule has 0 fully saturated rings. The van der Waals surface area contributed by atoms with Crippen LogP contribution in [0.3, 0.4) is 0 Å². The van der Waals surface area contributed by atoms with E-state index in [0.717, 1.165) is 0 Å². The Morgan fingerprint density at radius 1 is 0.824 bits per heavy atom. The third kappa shape index (κ3) is 3.63. The number of phosphoric ester groups is 1. The standard InChI is InChI=1S/C12H11O4P.H2/c13-17(14,15-11-7-3-1-4-8-11)16-12-9-5-2-6-10-12;/h1-10H,(H,13,14);1H. The largest absolute Gasteiger partial charge is 0.584 e. The Hall–Kier alpha value is -1.77. The molecule has 0 atom stereocenters. The molecule has 0 aromatic heterocycles. The Kier molecular flexibility index (Phi) is 3.47. The number of benzene rings is 2. The normalized spacial score (nSPS) is 10.9. The lowest BCUT2D eigenvalue weighted by Crippen LogP contribution is -1.99. The van der Waals surface area contributed by atoms with E-state index in [1.807, 2.05) is 0 Å².